The van der Waals surface area contributed by atoms with Crippen molar-refractivity contribution in [1.29, 1.82) is 0 Å². The highest BCUT2D eigenvalue weighted by atomic mass is 16.7. The molecule has 0 unspecified atom stereocenters. The van der Waals surface area contributed by atoms with Crippen LogP contribution in [0.25, 0.3) is 0 Å². The van der Waals surface area contributed by atoms with E-state index >= 15 is 0 Å². The second kappa shape index (κ2) is 7.64. The Bertz CT molecular complexity index is 982. The summed E-state index contributed by atoms with van der Waals surface area (Å²) < 4.78 is 10.8. The normalized spacial score (nSPS) is 13.1. The predicted molar refractivity (Wildman–Crippen MR) is 110 cm³/mol. The first-order valence-corrected chi connectivity index (χ1v) is 9.19. The summed E-state index contributed by atoms with van der Waals surface area (Å²) in [6.45, 7) is 4.25. The Balaban J connectivity index is 1.61. The molecule has 4 rings (SSSR count). The van der Waals surface area contributed by atoms with Crippen LogP contribution < -0.4 is 20.1 Å². The number of carbonyl (C=O) groups is 1. The zero-order valence-electron chi connectivity index (χ0n) is 15.9. The van der Waals surface area contributed by atoms with E-state index in [0.29, 0.717) is 11.5 Å². The number of benzene rings is 3. The number of fused-ring (bicyclic) bond motifs is 1. The topological polar surface area (TPSA) is 59.6 Å². The van der Waals surface area contributed by atoms with E-state index in [9.17, 15) is 4.79 Å². The largest absolute Gasteiger partial charge is 0.454 e. The number of amides is 1. The molecule has 3 aromatic rings. The molecule has 1 atom stereocenters. The van der Waals surface area contributed by atoms with E-state index in [1.54, 1.807) is 0 Å². The second-order valence-electron chi connectivity index (χ2n) is 6.92. The predicted octanol–water partition coefficient (Wildman–Crippen LogP) is 4.82. The van der Waals surface area contributed by atoms with Gasteiger partial charge in [-0.2, -0.15) is 0 Å². The minimum atomic E-state index is -0.553. The first-order chi connectivity index (χ1) is 13.6. The van der Waals surface area contributed by atoms with E-state index in [2.05, 4.69) is 16.7 Å². The molecular weight excluding hydrogens is 352 g/mol. The molecule has 0 aromatic heterocycles. The number of nitrogens with one attached hydrogen (secondary N) is 2. The van der Waals surface area contributed by atoms with E-state index in [4.69, 9.17) is 9.47 Å². The highest BCUT2D eigenvalue weighted by Gasteiger charge is 2.22. The second-order valence-corrected chi connectivity index (χ2v) is 6.92. The van der Waals surface area contributed by atoms with Gasteiger partial charge in [0.05, 0.1) is 0 Å². The van der Waals surface area contributed by atoms with Crippen molar-refractivity contribution in [2.75, 3.05) is 17.4 Å². The monoisotopic (exact) mass is 374 g/mol. The van der Waals surface area contributed by atoms with Crippen LogP contribution >= 0.6 is 0 Å². The van der Waals surface area contributed by atoms with Gasteiger partial charge >= 0.3 is 0 Å². The standard InChI is InChI=1S/C23H22N2O3/c1-15-10-16(2)12-19(11-15)25-23(26)22(17-6-4-3-5-7-17)24-18-8-9-20-21(13-18)28-14-27-20/h3-13,22,24H,14H2,1-2H3,(H,25,26)/t22-/m1/s1. The summed E-state index contributed by atoms with van der Waals surface area (Å²) in [7, 11) is 0. The van der Waals surface area contributed by atoms with Crippen molar-refractivity contribution in [3.63, 3.8) is 0 Å². The highest BCUT2D eigenvalue weighted by molar-refractivity contribution is 5.97. The van der Waals surface area contributed by atoms with Gasteiger partial charge in [0, 0.05) is 17.4 Å². The van der Waals surface area contributed by atoms with Gasteiger partial charge in [-0.15, -0.1) is 0 Å². The fourth-order valence-corrected chi connectivity index (χ4v) is 3.36. The van der Waals surface area contributed by atoms with Crippen molar-refractivity contribution < 1.29 is 14.3 Å². The van der Waals surface area contributed by atoms with Gasteiger partial charge in [-0.1, -0.05) is 36.4 Å². The van der Waals surface area contributed by atoms with Crippen LogP contribution in [0.5, 0.6) is 11.5 Å². The van der Waals surface area contributed by atoms with E-state index < -0.39 is 6.04 Å². The van der Waals surface area contributed by atoms with Crippen LogP contribution in [-0.4, -0.2) is 12.7 Å². The number of rotatable bonds is 5. The maximum absolute atomic E-state index is 13.1. The molecule has 1 aliphatic rings. The van der Waals surface area contributed by atoms with E-state index in [0.717, 1.165) is 28.1 Å². The maximum atomic E-state index is 13.1. The zero-order chi connectivity index (χ0) is 19.5. The summed E-state index contributed by atoms with van der Waals surface area (Å²) in [6.07, 6.45) is 0. The van der Waals surface area contributed by atoms with Crippen LogP contribution in [0, 0.1) is 13.8 Å². The molecular formula is C23H22N2O3. The molecule has 0 fully saturated rings. The zero-order valence-corrected chi connectivity index (χ0v) is 15.9. The molecule has 5 nitrogen and oxygen atoms in total. The van der Waals surface area contributed by atoms with Crippen molar-refractivity contribution in [1.82, 2.24) is 0 Å². The van der Waals surface area contributed by atoms with Crippen molar-refractivity contribution in [3.8, 4) is 11.5 Å². The summed E-state index contributed by atoms with van der Waals surface area (Å²) in [5, 5.41) is 6.36. The van der Waals surface area contributed by atoms with Gasteiger partial charge in [0.15, 0.2) is 11.5 Å². The molecule has 0 bridgehead atoms. The van der Waals surface area contributed by atoms with Crippen molar-refractivity contribution in [2.45, 2.75) is 19.9 Å². The molecule has 1 aliphatic heterocycles. The number of hydrogen-bond donors (Lipinski definition) is 2. The summed E-state index contributed by atoms with van der Waals surface area (Å²) in [5.74, 6) is 1.25. The molecule has 0 saturated carbocycles. The van der Waals surface area contributed by atoms with Gasteiger partial charge in [-0.25, -0.2) is 0 Å². The average molecular weight is 374 g/mol. The van der Waals surface area contributed by atoms with Gasteiger partial charge in [0.25, 0.3) is 5.91 Å². The lowest BCUT2D eigenvalue weighted by atomic mass is 10.0. The maximum Gasteiger partial charge on any atom is 0.251 e. The molecule has 3 aromatic carbocycles. The van der Waals surface area contributed by atoms with Crippen LogP contribution in [0.2, 0.25) is 0 Å². The Morgan fingerprint density at radius 2 is 1.57 bits per heavy atom. The molecule has 0 aliphatic carbocycles. The van der Waals surface area contributed by atoms with Crippen LogP contribution in [0.1, 0.15) is 22.7 Å². The third-order valence-corrected chi connectivity index (χ3v) is 4.57. The molecule has 142 valence electrons. The molecule has 0 saturated heterocycles. The highest BCUT2D eigenvalue weighted by Crippen LogP contribution is 2.35. The van der Waals surface area contributed by atoms with E-state index in [1.807, 2.05) is 74.5 Å². The number of carbonyl (C=O) groups excluding carboxylic acids is 1. The summed E-state index contributed by atoms with van der Waals surface area (Å²) in [5.41, 5.74) is 4.66. The summed E-state index contributed by atoms with van der Waals surface area (Å²) in [6, 6.07) is 20.7. The third-order valence-electron chi connectivity index (χ3n) is 4.57. The first-order valence-electron chi connectivity index (χ1n) is 9.19. The van der Waals surface area contributed by atoms with Crippen LogP contribution in [0.3, 0.4) is 0 Å². The molecule has 2 N–H and O–H groups in total. The quantitative estimate of drug-likeness (QED) is 0.672. The SMILES string of the molecule is Cc1cc(C)cc(NC(=O)[C@H](Nc2ccc3c(c2)OCO3)c2ccccc2)c1. The molecule has 28 heavy (non-hydrogen) atoms. The van der Waals surface area contributed by atoms with Gasteiger partial charge in [0.2, 0.25) is 6.79 Å². The fraction of sp³-hybridized carbons (Fsp3) is 0.174. The van der Waals surface area contributed by atoms with Gasteiger partial charge in [-0.05, 0) is 54.8 Å². The van der Waals surface area contributed by atoms with E-state index in [1.165, 1.54) is 0 Å². The van der Waals surface area contributed by atoms with Gasteiger partial charge in [0.1, 0.15) is 6.04 Å². The number of anilines is 2. The fourth-order valence-electron chi connectivity index (χ4n) is 3.36. The summed E-state index contributed by atoms with van der Waals surface area (Å²) >= 11 is 0. The van der Waals surface area contributed by atoms with Crippen molar-refractivity contribution in [3.05, 3.63) is 83.4 Å². The first kappa shape index (κ1) is 17.9. The Hall–Kier alpha value is -3.47. The molecule has 0 radical (unpaired) electrons. The van der Waals surface area contributed by atoms with E-state index in [-0.39, 0.29) is 12.7 Å². The summed E-state index contributed by atoms with van der Waals surface area (Å²) in [4.78, 5) is 13.1. The molecule has 1 heterocycles. The Morgan fingerprint density at radius 1 is 0.857 bits per heavy atom. The molecule has 5 heteroatoms. The number of ether oxygens (including phenoxy) is 2. The minimum absolute atomic E-state index is 0.131. The number of hydrogen-bond acceptors (Lipinski definition) is 4. The molecule has 1 amide bonds. The smallest absolute Gasteiger partial charge is 0.251 e. The van der Waals surface area contributed by atoms with Crippen LogP contribution in [-0.2, 0) is 4.79 Å². The third kappa shape index (κ3) is 3.93. The Morgan fingerprint density at radius 3 is 2.32 bits per heavy atom. The lowest BCUT2D eigenvalue weighted by molar-refractivity contribution is -0.117. The lowest BCUT2D eigenvalue weighted by Gasteiger charge is -2.20. The lowest BCUT2D eigenvalue weighted by Crippen LogP contribution is -2.27. The Labute approximate surface area is 164 Å². The van der Waals surface area contributed by atoms with Crippen LogP contribution in [0.15, 0.2) is 66.7 Å². The number of aryl methyl sites for hydroxylation is 2. The molecule has 0 spiro atoms. The van der Waals surface area contributed by atoms with Crippen LogP contribution in [0.4, 0.5) is 11.4 Å². The van der Waals surface area contributed by atoms with Crippen molar-refractivity contribution in [2.24, 2.45) is 0 Å². The van der Waals surface area contributed by atoms with Gasteiger partial charge in [-0.3, -0.25) is 4.79 Å². The minimum Gasteiger partial charge on any atom is -0.454 e. The average Bonchev–Trinajstić information content (AvgIpc) is 3.13. The van der Waals surface area contributed by atoms with Gasteiger partial charge < -0.3 is 20.1 Å². The Kier molecular flexibility index (Phi) is 4.89. The van der Waals surface area contributed by atoms with Crippen molar-refractivity contribution >= 4 is 17.3 Å².